The first-order valence-corrected chi connectivity index (χ1v) is 5.66. The Morgan fingerprint density at radius 1 is 1.53 bits per heavy atom. The summed E-state index contributed by atoms with van der Waals surface area (Å²) in [4.78, 5) is 0. The van der Waals surface area contributed by atoms with Crippen LogP contribution in [0.1, 0.15) is 24.8 Å². The second kappa shape index (κ2) is 4.81. The molecule has 2 rings (SSSR count). The predicted octanol–water partition coefficient (Wildman–Crippen LogP) is 1.68. The van der Waals surface area contributed by atoms with Crippen LogP contribution in [-0.4, -0.2) is 23.8 Å². The van der Waals surface area contributed by atoms with Gasteiger partial charge in [-0.05, 0) is 30.9 Å². The van der Waals surface area contributed by atoms with Crippen LogP contribution in [0.3, 0.4) is 0 Å². The number of aromatic nitrogens is 1. The number of methoxy groups -OCH3 is 1. The monoisotopic (exact) mass is 208 g/mol. The van der Waals surface area contributed by atoms with Crippen LogP contribution in [0.15, 0.2) is 18.5 Å². The van der Waals surface area contributed by atoms with E-state index in [9.17, 15) is 0 Å². The minimum Gasteiger partial charge on any atom is -0.380 e. The molecule has 1 aliphatic carbocycles. The average molecular weight is 208 g/mol. The summed E-state index contributed by atoms with van der Waals surface area (Å²) in [6.45, 7) is 0.950. The van der Waals surface area contributed by atoms with Crippen molar-refractivity contribution in [3.8, 4) is 0 Å². The molecule has 1 N–H and O–H groups in total. The quantitative estimate of drug-likeness (QED) is 0.815. The van der Waals surface area contributed by atoms with Gasteiger partial charge in [-0.25, -0.2) is 0 Å². The number of aryl methyl sites for hydroxylation is 1. The maximum atomic E-state index is 5.45. The van der Waals surface area contributed by atoms with Gasteiger partial charge in [-0.3, -0.25) is 0 Å². The summed E-state index contributed by atoms with van der Waals surface area (Å²) >= 11 is 0. The van der Waals surface area contributed by atoms with Gasteiger partial charge in [-0.2, -0.15) is 0 Å². The lowest BCUT2D eigenvalue weighted by atomic mass is 10.2. The zero-order valence-corrected chi connectivity index (χ0v) is 9.57. The zero-order valence-electron chi connectivity index (χ0n) is 9.57. The highest BCUT2D eigenvalue weighted by Gasteiger charge is 2.26. The van der Waals surface area contributed by atoms with Crippen molar-refractivity contribution in [2.75, 3.05) is 7.11 Å². The molecule has 0 bridgehead atoms. The van der Waals surface area contributed by atoms with Gasteiger partial charge in [0.2, 0.25) is 0 Å². The summed E-state index contributed by atoms with van der Waals surface area (Å²) < 4.78 is 7.53. The van der Waals surface area contributed by atoms with Crippen LogP contribution in [0.2, 0.25) is 0 Å². The van der Waals surface area contributed by atoms with Crippen molar-refractivity contribution in [3.63, 3.8) is 0 Å². The lowest BCUT2D eigenvalue weighted by molar-refractivity contribution is 0.0847. The Bertz CT molecular complexity index is 308. The maximum absolute atomic E-state index is 5.45. The molecule has 15 heavy (non-hydrogen) atoms. The van der Waals surface area contributed by atoms with Crippen molar-refractivity contribution in [2.24, 2.45) is 7.05 Å². The predicted molar refractivity (Wildman–Crippen MR) is 60.7 cm³/mol. The fourth-order valence-corrected chi connectivity index (χ4v) is 2.36. The first-order valence-electron chi connectivity index (χ1n) is 5.66. The number of rotatable bonds is 4. The van der Waals surface area contributed by atoms with Crippen molar-refractivity contribution in [1.82, 2.24) is 9.88 Å². The second-order valence-corrected chi connectivity index (χ2v) is 4.38. The topological polar surface area (TPSA) is 26.2 Å². The third-order valence-corrected chi connectivity index (χ3v) is 3.22. The molecule has 1 fully saturated rings. The first kappa shape index (κ1) is 10.7. The van der Waals surface area contributed by atoms with Crippen molar-refractivity contribution in [3.05, 3.63) is 24.0 Å². The smallest absolute Gasteiger partial charge is 0.0724 e. The Labute approximate surface area is 91.4 Å². The van der Waals surface area contributed by atoms with Gasteiger partial charge >= 0.3 is 0 Å². The van der Waals surface area contributed by atoms with E-state index >= 15 is 0 Å². The number of ether oxygens (including phenoxy) is 1. The molecule has 1 saturated carbocycles. The highest BCUT2D eigenvalue weighted by Crippen LogP contribution is 2.21. The summed E-state index contributed by atoms with van der Waals surface area (Å²) in [5.74, 6) is 0. The van der Waals surface area contributed by atoms with Gasteiger partial charge in [-0.15, -0.1) is 0 Å². The molecule has 3 nitrogen and oxygen atoms in total. The molecule has 0 radical (unpaired) electrons. The molecule has 1 aromatic heterocycles. The molecular formula is C12H20N2O. The Hall–Kier alpha value is -0.800. The molecule has 1 heterocycles. The van der Waals surface area contributed by atoms with Crippen molar-refractivity contribution in [2.45, 2.75) is 38.0 Å². The fourth-order valence-electron chi connectivity index (χ4n) is 2.36. The Morgan fingerprint density at radius 2 is 2.40 bits per heavy atom. The Kier molecular flexibility index (Phi) is 3.44. The molecule has 3 heteroatoms. The lowest BCUT2D eigenvalue weighted by Crippen LogP contribution is -2.36. The van der Waals surface area contributed by atoms with E-state index in [1.165, 1.54) is 24.8 Å². The van der Waals surface area contributed by atoms with Crippen molar-refractivity contribution < 1.29 is 4.74 Å². The molecular weight excluding hydrogens is 188 g/mol. The third-order valence-electron chi connectivity index (χ3n) is 3.22. The van der Waals surface area contributed by atoms with Crippen LogP contribution in [0, 0.1) is 0 Å². The maximum Gasteiger partial charge on any atom is 0.0724 e. The fraction of sp³-hybridized carbons (Fsp3) is 0.667. The summed E-state index contributed by atoms with van der Waals surface area (Å²) in [5.41, 5.74) is 1.35. The normalized spacial score (nSPS) is 26.0. The van der Waals surface area contributed by atoms with Crippen LogP contribution in [0.5, 0.6) is 0 Å². The van der Waals surface area contributed by atoms with E-state index in [1.807, 2.05) is 7.11 Å². The number of hydrogen-bond acceptors (Lipinski definition) is 2. The van der Waals surface area contributed by atoms with Gasteiger partial charge in [0.1, 0.15) is 0 Å². The molecule has 84 valence electrons. The van der Waals surface area contributed by atoms with E-state index in [4.69, 9.17) is 4.74 Å². The van der Waals surface area contributed by atoms with Gasteiger partial charge in [0.25, 0.3) is 0 Å². The van der Waals surface area contributed by atoms with E-state index in [2.05, 4.69) is 35.4 Å². The highest BCUT2D eigenvalue weighted by molar-refractivity contribution is 5.09. The molecule has 0 amide bonds. The minimum absolute atomic E-state index is 0.411. The molecule has 2 atom stereocenters. The summed E-state index contributed by atoms with van der Waals surface area (Å²) in [6.07, 6.45) is 8.37. The van der Waals surface area contributed by atoms with Crippen LogP contribution < -0.4 is 5.32 Å². The van der Waals surface area contributed by atoms with Crippen LogP contribution in [0.4, 0.5) is 0 Å². The standard InChI is InChI=1S/C12H20N2O/c1-14-7-6-10(9-14)8-13-11-4-3-5-12(11)15-2/h6-7,9,11-13H,3-5,8H2,1-2H3. The first-order chi connectivity index (χ1) is 7.29. The number of hydrogen-bond donors (Lipinski definition) is 1. The number of nitrogens with one attached hydrogen (secondary N) is 1. The molecule has 2 unspecified atom stereocenters. The minimum atomic E-state index is 0.411. The van der Waals surface area contributed by atoms with E-state index in [1.54, 1.807) is 0 Å². The molecule has 0 spiro atoms. The zero-order chi connectivity index (χ0) is 10.7. The van der Waals surface area contributed by atoms with Gasteiger partial charge in [0.05, 0.1) is 6.10 Å². The lowest BCUT2D eigenvalue weighted by Gasteiger charge is -2.19. The van der Waals surface area contributed by atoms with Gasteiger partial charge in [0, 0.05) is 39.1 Å². The molecule has 0 aromatic carbocycles. The van der Waals surface area contributed by atoms with Crippen molar-refractivity contribution >= 4 is 0 Å². The van der Waals surface area contributed by atoms with Crippen molar-refractivity contribution in [1.29, 1.82) is 0 Å². The Balaban J connectivity index is 1.82. The number of nitrogens with zero attached hydrogens (tertiary/aromatic N) is 1. The van der Waals surface area contributed by atoms with E-state index in [0.717, 1.165) is 6.54 Å². The summed E-state index contributed by atoms with van der Waals surface area (Å²) in [5, 5.41) is 3.57. The van der Waals surface area contributed by atoms with Crippen LogP contribution in [-0.2, 0) is 18.3 Å². The van der Waals surface area contributed by atoms with Crippen LogP contribution in [0.25, 0.3) is 0 Å². The molecule has 1 aromatic rings. The largest absolute Gasteiger partial charge is 0.380 e. The highest BCUT2D eigenvalue weighted by atomic mass is 16.5. The molecule has 1 aliphatic rings. The average Bonchev–Trinajstić information content (AvgIpc) is 2.83. The Morgan fingerprint density at radius 3 is 3.07 bits per heavy atom. The second-order valence-electron chi connectivity index (χ2n) is 4.38. The molecule has 0 aliphatic heterocycles. The van der Waals surface area contributed by atoms with E-state index < -0.39 is 0 Å². The van der Waals surface area contributed by atoms with E-state index in [0.29, 0.717) is 12.1 Å². The van der Waals surface area contributed by atoms with Gasteiger partial charge < -0.3 is 14.6 Å². The third kappa shape index (κ3) is 2.61. The molecule has 0 saturated heterocycles. The van der Waals surface area contributed by atoms with Gasteiger partial charge in [-0.1, -0.05) is 0 Å². The SMILES string of the molecule is COC1CCCC1NCc1ccn(C)c1. The van der Waals surface area contributed by atoms with Crippen LogP contribution >= 0.6 is 0 Å². The summed E-state index contributed by atoms with van der Waals surface area (Å²) in [6, 6.07) is 2.69. The summed E-state index contributed by atoms with van der Waals surface area (Å²) in [7, 11) is 3.87. The van der Waals surface area contributed by atoms with E-state index in [-0.39, 0.29) is 0 Å². The van der Waals surface area contributed by atoms with Gasteiger partial charge in [0.15, 0.2) is 0 Å².